The second-order valence-corrected chi connectivity index (χ2v) is 3.86. The number of anilines is 1. The molecule has 0 aliphatic carbocycles. The highest BCUT2D eigenvalue weighted by Crippen LogP contribution is 2.21. The molecule has 0 unspecified atom stereocenters. The highest BCUT2D eigenvalue weighted by atomic mass is 16.5. The van der Waals surface area contributed by atoms with Gasteiger partial charge in [-0.05, 0) is 30.7 Å². The number of nitrogens with one attached hydrogen (secondary N) is 1. The summed E-state index contributed by atoms with van der Waals surface area (Å²) in [6.45, 7) is 2.79. The molecule has 0 atom stereocenters. The maximum atomic E-state index is 5.21. The molecule has 1 heterocycles. The van der Waals surface area contributed by atoms with Crippen LogP contribution in [0.1, 0.15) is 12.7 Å². The molecule has 0 saturated heterocycles. The van der Waals surface area contributed by atoms with Crippen LogP contribution in [0.4, 0.5) is 5.69 Å². The van der Waals surface area contributed by atoms with Gasteiger partial charge < -0.3 is 10.1 Å². The van der Waals surface area contributed by atoms with E-state index in [0.29, 0.717) is 0 Å². The average molecular weight is 230 g/mol. The van der Waals surface area contributed by atoms with Crippen molar-refractivity contribution in [3.8, 4) is 5.75 Å². The van der Waals surface area contributed by atoms with Crippen LogP contribution < -0.4 is 10.1 Å². The minimum atomic E-state index is 0. The number of benzene rings is 1. The van der Waals surface area contributed by atoms with E-state index in [0.717, 1.165) is 23.7 Å². The molecule has 0 aliphatic heterocycles. The summed E-state index contributed by atoms with van der Waals surface area (Å²) in [4.78, 5) is 4.27. The van der Waals surface area contributed by atoms with Crippen molar-refractivity contribution in [1.82, 2.24) is 4.98 Å². The van der Waals surface area contributed by atoms with E-state index in [-0.39, 0.29) is 1.43 Å². The van der Waals surface area contributed by atoms with Crippen LogP contribution in [0.2, 0.25) is 0 Å². The smallest absolute Gasteiger partial charge is 0.120 e. The Bertz CT molecular complexity index is 488. The highest BCUT2D eigenvalue weighted by molar-refractivity contribution is 5.54. The number of methoxy groups -OCH3 is 1. The van der Waals surface area contributed by atoms with Crippen LogP contribution >= 0.6 is 0 Å². The van der Waals surface area contributed by atoms with Crippen LogP contribution in [-0.2, 0) is 6.54 Å². The molecular weight excluding hydrogens is 212 g/mol. The number of hydrogen-bond donors (Lipinski definition) is 1. The first kappa shape index (κ1) is 11.5. The fourth-order valence-corrected chi connectivity index (χ4v) is 1.61. The summed E-state index contributed by atoms with van der Waals surface area (Å²) in [5, 5.41) is 3.36. The van der Waals surface area contributed by atoms with Gasteiger partial charge in [0.05, 0.1) is 19.3 Å². The highest BCUT2D eigenvalue weighted by Gasteiger charge is 2.00. The van der Waals surface area contributed by atoms with E-state index in [9.17, 15) is 0 Å². The van der Waals surface area contributed by atoms with Gasteiger partial charge in [0.2, 0.25) is 0 Å². The minimum absolute atomic E-state index is 0. The lowest BCUT2D eigenvalue weighted by Crippen LogP contribution is -2.02. The number of nitrogens with zero attached hydrogens (tertiary/aromatic N) is 1. The van der Waals surface area contributed by atoms with Gasteiger partial charge >= 0.3 is 0 Å². The Balaban J connectivity index is 0.00000162. The fourth-order valence-electron chi connectivity index (χ4n) is 1.61. The van der Waals surface area contributed by atoms with Gasteiger partial charge in [-0.1, -0.05) is 12.1 Å². The number of rotatable bonds is 4. The molecule has 3 heteroatoms. The lowest BCUT2D eigenvalue weighted by Gasteiger charge is -2.10. The predicted molar refractivity (Wildman–Crippen MR) is 71.4 cm³/mol. The van der Waals surface area contributed by atoms with Gasteiger partial charge in [0.25, 0.3) is 0 Å². The zero-order valence-electron chi connectivity index (χ0n) is 10.1. The summed E-state index contributed by atoms with van der Waals surface area (Å²) in [6, 6.07) is 11.9. The van der Waals surface area contributed by atoms with Crippen LogP contribution in [0, 0.1) is 6.92 Å². The summed E-state index contributed by atoms with van der Waals surface area (Å²) in [7, 11) is 1.67. The average Bonchev–Trinajstić information content (AvgIpc) is 2.39. The molecule has 2 rings (SSSR count). The Labute approximate surface area is 103 Å². The summed E-state index contributed by atoms with van der Waals surface area (Å²) >= 11 is 0. The van der Waals surface area contributed by atoms with Crippen molar-refractivity contribution in [1.29, 1.82) is 0 Å². The first-order chi connectivity index (χ1) is 8.29. The van der Waals surface area contributed by atoms with Crippen molar-refractivity contribution in [2.75, 3.05) is 12.4 Å². The Morgan fingerprint density at radius 2 is 2.18 bits per heavy atom. The van der Waals surface area contributed by atoms with E-state index in [1.165, 1.54) is 5.56 Å². The molecular formula is C14H18N2O. The molecule has 1 aromatic carbocycles. The molecule has 0 amide bonds. The second-order valence-electron chi connectivity index (χ2n) is 3.86. The number of aryl methyl sites for hydroxylation is 1. The molecule has 0 fully saturated rings. The third-order valence-electron chi connectivity index (χ3n) is 2.63. The summed E-state index contributed by atoms with van der Waals surface area (Å²) in [5.41, 5.74) is 3.30. The van der Waals surface area contributed by atoms with Crippen LogP contribution in [0.15, 0.2) is 42.6 Å². The van der Waals surface area contributed by atoms with E-state index < -0.39 is 0 Å². The fraction of sp³-hybridized carbons (Fsp3) is 0.214. The normalized spacial score (nSPS) is 10.0. The molecule has 3 nitrogen and oxygen atoms in total. The number of ether oxygens (including phenoxy) is 1. The van der Waals surface area contributed by atoms with E-state index >= 15 is 0 Å². The lowest BCUT2D eigenvalue weighted by molar-refractivity contribution is 0.415. The molecule has 0 radical (unpaired) electrons. The van der Waals surface area contributed by atoms with Crippen molar-refractivity contribution in [2.24, 2.45) is 0 Å². The van der Waals surface area contributed by atoms with E-state index in [2.05, 4.69) is 17.2 Å². The van der Waals surface area contributed by atoms with Gasteiger partial charge in [0.15, 0.2) is 0 Å². The maximum Gasteiger partial charge on any atom is 0.120 e. The lowest BCUT2D eigenvalue weighted by atomic mass is 10.2. The topological polar surface area (TPSA) is 34.1 Å². The number of aromatic nitrogens is 1. The van der Waals surface area contributed by atoms with Crippen molar-refractivity contribution >= 4 is 5.69 Å². The molecule has 0 saturated carbocycles. The van der Waals surface area contributed by atoms with Crippen molar-refractivity contribution < 1.29 is 6.16 Å². The maximum absolute atomic E-state index is 5.21. The van der Waals surface area contributed by atoms with Gasteiger partial charge in [0, 0.05) is 19.4 Å². The summed E-state index contributed by atoms with van der Waals surface area (Å²) in [6.07, 6.45) is 1.80. The van der Waals surface area contributed by atoms with Gasteiger partial charge in [-0.2, -0.15) is 0 Å². The SMILES string of the molecule is COc1ccc(C)c(NCc2ccccn2)c1.[HH]. The van der Waals surface area contributed by atoms with Gasteiger partial charge in [-0.25, -0.2) is 0 Å². The van der Waals surface area contributed by atoms with E-state index in [4.69, 9.17) is 4.74 Å². The first-order valence-electron chi connectivity index (χ1n) is 5.58. The van der Waals surface area contributed by atoms with Gasteiger partial charge in [-0.3, -0.25) is 4.98 Å². The van der Waals surface area contributed by atoms with Crippen LogP contribution in [0.3, 0.4) is 0 Å². The number of hydrogen-bond acceptors (Lipinski definition) is 3. The van der Waals surface area contributed by atoms with Crippen molar-refractivity contribution in [3.63, 3.8) is 0 Å². The Morgan fingerprint density at radius 3 is 2.88 bits per heavy atom. The summed E-state index contributed by atoms with van der Waals surface area (Å²) in [5.74, 6) is 0.860. The summed E-state index contributed by atoms with van der Waals surface area (Å²) < 4.78 is 5.21. The molecule has 90 valence electrons. The Hall–Kier alpha value is -2.03. The molecule has 0 spiro atoms. The number of pyridine rings is 1. The minimum Gasteiger partial charge on any atom is -0.497 e. The van der Waals surface area contributed by atoms with Crippen LogP contribution in [-0.4, -0.2) is 12.1 Å². The first-order valence-corrected chi connectivity index (χ1v) is 5.58. The van der Waals surface area contributed by atoms with Crippen LogP contribution in [0.5, 0.6) is 5.75 Å². The van der Waals surface area contributed by atoms with Crippen molar-refractivity contribution in [2.45, 2.75) is 13.5 Å². The zero-order chi connectivity index (χ0) is 12.1. The Morgan fingerprint density at radius 1 is 1.29 bits per heavy atom. The van der Waals surface area contributed by atoms with Crippen molar-refractivity contribution in [3.05, 3.63) is 53.9 Å². The van der Waals surface area contributed by atoms with Crippen LogP contribution in [0.25, 0.3) is 0 Å². The van der Waals surface area contributed by atoms with Gasteiger partial charge in [-0.15, -0.1) is 0 Å². The molecule has 0 bridgehead atoms. The molecule has 0 aliphatic rings. The zero-order valence-corrected chi connectivity index (χ0v) is 10.1. The second kappa shape index (κ2) is 5.34. The largest absolute Gasteiger partial charge is 0.497 e. The molecule has 1 aromatic heterocycles. The monoisotopic (exact) mass is 230 g/mol. The third-order valence-corrected chi connectivity index (χ3v) is 2.63. The third kappa shape index (κ3) is 2.97. The molecule has 1 N–H and O–H groups in total. The Kier molecular flexibility index (Phi) is 3.60. The predicted octanol–water partition coefficient (Wildman–Crippen LogP) is 3.26. The van der Waals surface area contributed by atoms with Gasteiger partial charge in [0.1, 0.15) is 5.75 Å². The standard InChI is InChI=1S/C14H16N2O.H2/c1-11-6-7-13(17-2)9-14(11)16-10-12-5-3-4-8-15-12;/h3-9,16H,10H2,1-2H3;1H. The molecule has 2 aromatic rings. The quantitative estimate of drug-likeness (QED) is 0.875. The van der Waals surface area contributed by atoms with E-state index in [1.807, 2.05) is 36.4 Å². The van der Waals surface area contributed by atoms with E-state index in [1.54, 1.807) is 13.3 Å². The molecule has 17 heavy (non-hydrogen) atoms.